The Labute approximate surface area is 180 Å². The molecule has 1 amide bonds. The lowest BCUT2D eigenvalue weighted by Crippen LogP contribution is -2.14. The van der Waals surface area contributed by atoms with Gasteiger partial charge >= 0.3 is 0 Å². The molecule has 0 radical (unpaired) electrons. The molecule has 150 valence electrons. The number of carbonyl (C=O) groups is 1. The van der Waals surface area contributed by atoms with Gasteiger partial charge < -0.3 is 10.1 Å². The number of halogens is 3. The van der Waals surface area contributed by atoms with Crippen molar-refractivity contribution in [2.75, 3.05) is 5.32 Å². The third kappa shape index (κ3) is 4.97. The van der Waals surface area contributed by atoms with Crippen molar-refractivity contribution in [3.8, 4) is 11.5 Å². The first-order chi connectivity index (χ1) is 13.8. The molecule has 1 aromatic heterocycles. The number of hydrogen-bond donors (Lipinski definition) is 1. The summed E-state index contributed by atoms with van der Waals surface area (Å²) < 4.78 is 7.14. The summed E-state index contributed by atoms with van der Waals surface area (Å²) in [6, 6.07) is 8.39. The Kier molecular flexibility index (Phi) is 6.26. The summed E-state index contributed by atoms with van der Waals surface area (Å²) in [5.41, 5.74) is -0.150. The van der Waals surface area contributed by atoms with E-state index in [-0.39, 0.29) is 38.6 Å². The predicted octanol–water partition coefficient (Wildman–Crippen LogP) is 5.82. The zero-order chi connectivity index (χ0) is 21.1. The van der Waals surface area contributed by atoms with Gasteiger partial charge in [0.2, 0.25) is 0 Å². The Morgan fingerprint density at radius 2 is 1.97 bits per heavy atom. The Bertz CT molecular complexity index is 1100. The average Bonchev–Trinajstić information content (AvgIpc) is 3.05. The lowest BCUT2D eigenvalue weighted by atomic mass is 10.2. The van der Waals surface area contributed by atoms with E-state index in [0.717, 1.165) is 0 Å². The normalized spacial score (nSPS) is 10.6. The van der Waals surface area contributed by atoms with Gasteiger partial charge in [-0.1, -0.05) is 34.8 Å². The topological polar surface area (TPSA) is 99.3 Å². The van der Waals surface area contributed by atoms with Crippen LogP contribution in [0.1, 0.15) is 17.4 Å². The van der Waals surface area contributed by atoms with Crippen LogP contribution in [0.3, 0.4) is 0 Å². The van der Waals surface area contributed by atoms with Crippen LogP contribution in [0.15, 0.2) is 42.6 Å². The molecule has 11 heteroatoms. The van der Waals surface area contributed by atoms with Gasteiger partial charge in [-0.3, -0.25) is 19.6 Å². The SMILES string of the molecule is CCn1cc(Cl)c(C(=O)Nc2cc(Oc3ccc(Cl)cc3Cl)cc([N+](=O)[O-])c2)n1. The van der Waals surface area contributed by atoms with Crippen molar-refractivity contribution in [3.05, 3.63) is 73.5 Å². The van der Waals surface area contributed by atoms with Gasteiger partial charge in [0.1, 0.15) is 11.5 Å². The quantitative estimate of drug-likeness (QED) is 0.373. The van der Waals surface area contributed by atoms with Crippen molar-refractivity contribution >= 4 is 52.1 Å². The number of rotatable bonds is 6. The van der Waals surface area contributed by atoms with Crippen molar-refractivity contribution < 1.29 is 14.5 Å². The van der Waals surface area contributed by atoms with Crippen molar-refractivity contribution in [1.82, 2.24) is 9.78 Å². The molecule has 0 aliphatic carbocycles. The van der Waals surface area contributed by atoms with E-state index in [1.165, 1.54) is 41.2 Å². The first-order valence-electron chi connectivity index (χ1n) is 8.23. The number of nitrogens with zero attached hydrogens (tertiary/aromatic N) is 3. The number of aryl methyl sites for hydroxylation is 1. The van der Waals surface area contributed by atoms with E-state index in [0.29, 0.717) is 11.6 Å². The number of benzene rings is 2. The van der Waals surface area contributed by atoms with Crippen molar-refractivity contribution in [1.29, 1.82) is 0 Å². The van der Waals surface area contributed by atoms with Crippen molar-refractivity contribution in [2.24, 2.45) is 0 Å². The van der Waals surface area contributed by atoms with Crippen LogP contribution in [0.2, 0.25) is 15.1 Å². The molecule has 3 aromatic rings. The van der Waals surface area contributed by atoms with Crippen LogP contribution in [0.4, 0.5) is 11.4 Å². The summed E-state index contributed by atoms with van der Waals surface area (Å²) >= 11 is 18.0. The van der Waals surface area contributed by atoms with E-state index >= 15 is 0 Å². The molecule has 0 saturated heterocycles. The molecule has 29 heavy (non-hydrogen) atoms. The number of nitrogens with one attached hydrogen (secondary N) is 1. The molecule has 8 nitrogen and oxygen atoms in total. The van der Waals surface area contributed by atoms with Crippen LogP contribution in [0.25, 0.3) is 0 Å². The Balaban J connectivity index is 1.91. The van der Waals surface area contributed by atoms with Crippen LogP contribution in [0, 0.1) is 10.1 Å². The molecule has 2 aromatic carbocycles. The molecular formula is C18H13Cl3N4O4. The zero-order valence-electron chi connectivity index (χ0n) is 14.9. The lowest BCUT2D eigenvalue weighted by Gasteiger charge is -2.10. The first-order valence-corrected chi connectivity index (χ1v) is 9.37. The molecule has 3 rings (SSSR count). The minimum Gasteiger partial charge on any atom is -0.455 e. The molecule has 0 atom stereocenters. The van der Waals surface area contributed by atoms with Gasteiger partial charge in [0, 0.05) is 29.9 Å². The number of hydrogen-bond acceptors (Lipinski definition) is 5. The number of nitro benzene ring substituents is 1. The molecule has 1 heterocycles. The second kappa shape index (κ2) is 8.69. The van der Waals surface area contributed by atoms with E-state index in [9.17, 15) is 14.9 Å². The summed E-state index contributed by atoms with van der Waals surface area (Å²) in [6.07, 6.45) is 1.51. The number of amides is 1. The number of nitro groups is 1. The second-order valence-electron chi connectivity index (χ2n) is 5.78. The van der Waals surface area contributed by atoms with Gasteiger partial charge in [-0.2, -0.15) is 5.10 Å². The third-order valence-electron chi connectivity index (χ3n) is 3.74. The highest BCUT2D eigenvalue weighted by Gasteiger charge is 2.18. The predicted molar refractivity (Wildman–Crippen MR) is 110 cm³/mol. The van der Waals surface area contributed by atoms with Crippen LogP contribution in [-0.4, -0.2) is 20.6 Å². The Hall–Kier alpha value is -2.81. The lowest BCUT2D eigenvalue weighted by molar-refractivity contribution is -0.384. The highest BCUT2D eigenvalue weighted by atomic mass is 35.5. The summed E-state index contributed by atoms with van der Waals surface area (Å²) in [5.74, 6) is -0.263. The van der Waals surface area contributed by atoms with Crippen LogP contribution >= 0.6 is 34.8 Å². The second-order valence-corrected chi connectivity index (χ2v) is 7.04. The molecule has 0 aliphatic heterocycles. The highest BCUT2D eigenvalue weighted by Crippen LogP contribution is 2.34. The zero-order valence-corrected chi connectivity index (χ0v) is 17.1. The average molecular weight is 456 g/mol. The van der Waals surface area contributed by atoms with Crippen LogP contribution in [0.5, 0.6) is 11.5 Å². The number of non-ortho nitro benzene ring substituents is 1. The van der Waals surface area contributed by atoms with Gasteiger partial charge in [0.25, 0.3) is 11.6 Å². The highest BCUT2D eigenvalue weighted by molar-refractivity contribution is 6.35. The molecule has 1 N–H and O–H groups in total. The number of anilines is 1. The largest absolute Gasteiger partial charge is 0.455 e. The van der Waals surface area contributed by atoms with Crippen LogP contribution < -0.4 is 10.1 Å². The fourth-order valence-electron chi connectivity index (χ4n) is 2.41. The van der Waals surface area contributed by atoms with Crippen molar-refractivity contribution in [3.63, 3.8) is 0 Å². The Morgan fingerprint density at radius 3 is 2.59 bits per heavy atom. The molecule has 0 spiro atoms. The fourth-order valence-corrected chi connectivity index (χ4v) is 3.09. The summed E-state index contributed by atoms with van der Waals surface area (Å²) in [6.45, 7) is 2.38. The summed E-state index contributed by atoms with van der Waals surface area (Å²) in [5, 5.41) is 18.7. The molecule has 0 bridgehead atoms. The van der Waals surface area contributed by atoms with E-state index in [1.807, 2.05) is 6.92 Å². The van der Waals surface area contributed by atoms with Gasteiger partial charge in [-0.15, -0.1) is 0 Å². The molecular weight excluding hydrogens is 443 g/mol. The summed E-state index contributed by atoms with van der Waals surface area (Å²) in [7, 11) is 0. The smallest absolute Gasteiger partial charge is 0.277 e. The standard InChI is InChI=1S/C18H13Cl3N4O4/c1-2-24-9-15(21)17(23-24)18(26)22-11-6-12(25(27)28)8-13(7-11)29-16-4-3-10(19)5-14(16)20/h3-9H,2H2,1H3,(H,22,26). The maximum atomic E-state index is 12.5. The maximum Gasteiger partial charge on any atom is 0.277 e. The van der Waals surface area contributed by atoms with E-state index in [2.05, 4.69) is 10.4 Å². The third-order valence-corrected chi connectivity index (χ3v) is 4.54. The monoisotopic (exact) mass is 454 g/mol. The molecule has 0 saturated carbocycles. The maximum absolute atomic E-state index is 12.5. The van der Waals surface area contributed by atoms with Gasteiger partial charge in [0.15, 0.2) is 5.69 Å². The summed E-state index contributed by atoms with van der Waals surface area (Å²) in [4.78, 5) is 23.2. The molecule has 0 aliphatic rings. The molecule has 0 unspecified atom stereocenters. The van der Waals surface area contributed by atoms with E-state index in [4.69, 9.17) is 39.5 Å². The van der Waals surface area contributed by atoms with Gasteiger partial charge in [-0.25, -0.2) is 0 Å². The fraction of sp³-hybridized carbons (Fsp3) is 0.111. The van der Waals surface area contributed by atoms with E-state index < -0.39 is 10.8 Å². The number of ether oxygens (including phenoxy) is 1. The van der Waals surface area contributed by atoms with Crippen molar-refractivity contribution in [2.45, 2.75) is 13.5 Å². The number of aromatic nitrogens is 2. The first kappa shape index (κ1) is 20.9. The minimum absolute atomic E-state index is 0.00300. The Morgan fingerprint density at radius 1 is 1.21 bits per heavy atom. The van der Waals surface area contributed by atoms with E-state index in [1.54, 1.807) is 6.07 Å². The molecule has 0 fully saturated rings. The number of carbonyl (C=O) groups excluding carboxylic acids is 1. The van der Waals surface area contributed by atoms with Gasteiger partial charge in [0.05, 0.1) is 26.7 Å². The van der Waals surface area contributed by atoms with Gasteiger partial charge in [-0.05, 0) is 25.1 Å². The van der Waals surface area contributed by atoms with Crippen LogP contribution in [-0.2, 0) is 6.54 Å². The minimum atomic E-state index is -0.613.